The molecule has 7 nitrogen and oxygen atoms in total. The van der Waals surface area contributed by atoms with E-state index in [0.717, 1.165) is 26.3 Å². The first-order chi connectivity index (χ1) is 11.1. The third-order valence-electron chi connectivity index (χ3n) is 3.80. The molecule has 2 rings (SSSR count). The molecule has 0 bridgehead atoms. The average molecular weight is 318 g/mol. The molecule has 1 unspecified atom stereocenters. The number of amides is 2. The topological polar surface area (TPSA) is 86.6 Å². The van der Waals surface area contributed by atoms with Crippen molar-refractivity contribution in [3.63, 3.8) is 0 Å². The molecular weight excluding hydrogens is 296 g/mol. The maximum absolute atomic E-state index is 12.1. The predicted molar refractivity (Wildman–Crippen MR) is 86.6 cm³/mol. The fraction of sp³-hybridized carbons (Fsp3) is 0.500. The Balaban J connectivity index is 1.88. The first-order valence-electron chi connectivity index (χ1n) is 7.59. The number of rotatable bonds is 5. The minimum atomic E-state index is -0.321. The van der Waals surface area contributed by atoms with Gasteiger partial charge in [0.25, 0.3) is 0 Å². The van der Waals surface area contributed by atoms with Gasteiger partial charge in [-0.1, -0.05) is 0 Å². The van der Waals surface area contributed by atoms with Gasteiger partial charge in [-0.2, -0.15) is 5.26 Å². The molecule has 1 heterocycles. The van der Waals surface area contributed by atoms with Crippen molar-refractivity contribution in [3.05, 3.63) is 23.8 Å². The van der Waals surface area contributed by atoms with Crippen LogP contribution in [-0.2, 0) is 4.74 Å². The number of carbonyl (C=O) groups is 1. The number of anilines is 1. The summed E-state index contributed by atoms with van der Waals surface area (Å²) in [4.78, 5) is 14.3. The van der Waals surface area contributed by atoms with Crippen LogP contribution in [0.25, 0.3) is 0 Å². The zero-order valence-corrected chi connectivity index (χ0v) is 13.5. The van der Waals surface area contributed by atoms with Crippen LogP contribution in [0.15, 0.2) is 18.2 Å². The molecule has 7 heteroatoms. The summed E-state index contributed by atoms with van der Waals surface area (Å²) in [7, 11) is 1.52. The van der Waals surface area contributed by atoms with Crippen molar-refractivity contribution >= 4 is 11.7 Å². The lowest BCUT2D eigenvalue weighted by molar-refractivity contribution is 0.0209. The molecular formula is C16H22N4O3. The van der Waals surface area contributed by atoms with Crippen molar-refractivity contribution in [3.8, 4) is 11.8 Å². The van der Waals surface area contributed by atoms with E-state index in [2.05, 4.69) is 22.5 Å². The van der Waals surface area contributed by atoms with Crippen molar-refractivity contribution in [1.82, 2.24) is 10.2 Å². The van der Waals surface area contributed by atoms with Gasteiger partial charge in [0.15, 0.2) is 0 Å². The van der Waals surface area contributed by atoms with Gasteiger partial charge in [-0.3, -0.25) is 4.90 Å². The van der Waals surface area contributed by atoms with E-state index < -0.39 is 0 Å². The summed E-state index contributed by atoms with van der Waals surface area (Å²) in [6, 6.07) is 6.84. The van der Waals surface area contributed by atoms with E-state index in [-0.39, 0.29) is 12.1 Å². The highest BCUT2D eigenvalue weighted by molar-refractivity contribution is 5.91. The molecule has 1 aromatic rings. The normalized spacial score (nSPS) is 16.2. The summed E-state index contributed by atoms with van der Waals surface area (Å²) >= 11 is 0. The summed E-state index contributed by atoms with van der Waals surface area (Å²) in [5.74, 6) is 0.514. The standard InChI is InChI=1S/C16H22N4O3/c1-12(20-5-7-23-8-6-20)11-18-16(21)19-14-9-13(10-17)3-4-15(14)22-2/h3-4,9,12H,5-8,11H2,1-2H3,(H2,18,19,21). The van der Waals surface area contributed by atoms with Crippen molar-refractivity contribution < 1.29 is 14.3 Å². The van der Waals surface area contributed by atoms with Crippen LogP contribution in [0.4, 0.5) is 10.5 Å². The van der Waals surface area contributed by atoms with Gasteiger partial charge in [0.05, 0.1) is 37.6 Å². The molecule has 2 N–H and O–H groups in total. The zero-order valence-electron chi connectivity index (χ0n) is 13.5. The molecule has 1 aliphatic heterocycles. The molecule has 0 saturated carbocycles. The molecule has 1 fully saturated rings. The largest absolute Gasteiger partial charge is 0.495 e. The SMILES string of the molecule is COc1ccc(C#N)cc1NC(=O)NCC(C)N1CCOCC1. The van der Waals surface area contributed by atoms with Crippen LogP contribution in [-0.4, -0.2) is 56.9 Å². The third-order valence-corrected chi connectivity index (χ3v) is 3.80. The summed E-state index contributed by atoms with van der Waals surface area (Å²) < 4.78 is 10.5. The number of urea groups is 1. The molecule has 1 aromatic carbocycles. The van der Waals surface area contributed by atoms with Gasteiger partial charge in [0.2, 0.25) is 0 Å². The molecule has 0 spiro atoms. The summed E-state index contributed by atoms with van der Waals surface area (Å²) in [6.45, 7) is 5.82. The first-order valence-corrected chi connectivity index (χ1v) is 7.59. The number of hydrogen-bond donors (Lipinski definition) is 2. The number of morpholine rings is 1. The van der Waals surface area contributed by atoms with E-state index in [4.69, 9.17) is 14.7 Å². The van der Waals surface area contributed by atoms with Gasteiger partial charge in [0, 0.05) is 25.7 Å². The van der Waals surface area contributed by atoms with Gasteiger partial charge in [0.1, 0.15) is 5.75 Å². The van der Waals surface area contributed by atoms with Crippen molar-refractivity contribution in [2.45, 2.75) is 13.0 Å². The van der Waals surface area contributed by atoms with Crippen LogP contribution >= 0.6 is 0 Å². The zero-order chi connectivity index (χ0) is 16.7. The molecule has 1 saturated heterocycles. The van der Waals surface area contributed by atoms with Gasteiger partial charge in [-0.05, 0) is 25.1 Å². The van der Waals surface area contributed by atoms with Gasteiger partial charge >= 0.3 is 6.03 Å². The Morgan fingerprint density at radius 3 is 2.87 bits per heavy atom. The number of benzene rings is 1. The van der Waals surface area contributed by atoms with E-state index in [9.17, 15) is 4.79 Å². The Labute approximate surface area is 136 Å². The fourth-order valence-electron chi connectivity index (χ4n) is 2.43. The molecule has 0 aliphatic carbocycles. The maximum Gasteiger partial charge on any atom is 0.319 e. The number of hydrogen-bond acceptors (Lipinski definition) is 5. The fourth-order valence-corrected chi connectivity index (χ4v) is 2.43. The minimum absolute atomic E-state index is 0.233. The van der Waals surface area contributed by atoms with Gasteiger partial charge in [-0.15, -0.1) is 0 Å². The summed E-state index contributed by atoms with van der Waals surface area (Å²) in [6.07, 6.45) is 0. The minimum Gasteiger partial charge on any atom is -0.495 e. The molecule has 1 aliphatic rings. The predicted octanol–water partition coefficient (Wildman–Crippen LogP) is 1.41. The van der Waals surface area contributed by atoms with Crippen LogP contribution in [0.5, 0.6) is 5.75 Å². The Hall–Kier alpha value is -2.30. The molecule has 124 valence electrons. The lowest BCUT2D eigenvalue weighted by atomic mass is 10.2. The van der Waals surface area contributed by atoms with E-state index in [0.29, 0.717) is 23.5 Å². The van der Waals surface area contributed by atoms with Gasteiger partial charge in [-0.25, -0.2) is 4.79 Å². The van der Waals surface area contributed by atoms with Crippen LogP contribution < -0.4 is 15.4 Å². The molecule has 23 heavy (non-hydrogen) atoms. The molecule has 1 atom stereocenters. The van der Waals surface area contributed by atoms with Crippen molar-refractivity contribution in [1.29, 1.82) is 5.26 Å². The molecule has 2 amide bonds. The highest BCUT2D eigenvalue weighted by atomic mass is 16.5. The van der Waals surface area contributed by atoms with E-state index in [1.807, 2.05) is 6.07 Å². The van der Waals surface area contributed by atoms with Crippen LogP contribution in [0.2, 0.25) is 0 Å². The van der Waals surface area contributed by atoms with Crippen LogP contribution in [0.3, 0.4) is 0 Å². The quantitative estimate of drug-likeness (QED) is 0.857. The van der Waals surface area contributed by atoms with Crippen LogP contribution in [0, 0.1) is 11.3 Å². The van der Waals surface area contributed by atoms with E-state index in [1.165, 1.54) is 7.11 Å². The van der Waals surface area contributed by atoms with Crippen LogP contribution in [0.1, 0.15) is 12.5 Å². The first kappa shape index (κ1) is 17.1. The van der Waals surface area contributed by atoms with E-state index >= 15 is 0 Å². The Bertz CT molecular complexity index is 579. The second-order valence-electron chi connectivity index (χ2n) is 5.36. The number of ether oxygens (including phenoxy) is 2. The maximum atomic E-state index is 12.1. The highest BCUT2D eigenvalue weighted by Crippen LogP contribution is 2.25. The number of nitrogens with one attached hydrogen (secondary N) is 2. The second kappa shape index (κ2) is 8.36. The monoisotopic (exact) mass is 318 g/mol. The van der Waals surface area contributed by atoms with E-state index in [1.54, 1.807) is 18.2 Å². The number of nitriles is 1. The second-order valence-corrected chi connectivity index (χ2v) is 5.36. The number of carbonyl (C=O) groups excluding carboxylic acids is 1. The summed E-state index contributed by atoms with van der Waals surface area (Å²) in [5.41, 5.74) is 0.936. The Morgan fingerprint density at radius 2 is 2.22 bits per heavy atom. The van der Waals surface area contributed by atoms with Crippen molar-refractivity contribution in [2.75, 3.05) is 45.3 Å². The highest BCUT2D eigenvalue weighted by Gasteiger charge is 2.17. The van der Waals surface area contributed by atoms with Gasteiger partial charge < -0.3 is 20.1 Å². The number of nitrogens with zero attached hydrogens (tertiary/aromatic N) is 2. The Kier molecular flexibility index (Phi) is 6.20. The Morgan fingerprint density at radius 1 is 1.48 bits per heavy atom. The summed E-state index contributed by atoms with van der Waals surface area (Å²) in [5, 5.41) is 14.5. The smallest absolute Gasteiger partial charge is 0.319 e. The molecule has 0 radical (unpaired) electrons. The van der Waals surface area contributed by atoms with Crippen molar-refractivity contribution in [2.24, 2.45) is 0 Å². The lowest BCUT2D eigenvalue weighted by Gasteiger charge is -2.32. The number of methoxy groups -OCH3 is 1. The third kappa shape index (κ3) is 4.84. The average Bonchev–Trinajstić information content (AvgIpc) is 2.60. The lowest BCUT2D eigenvalue weighted by Crippen LogP contribution is -2.47. The molecule has 0 aromatic heterocycles.